The molecule has 0 spiro atoms. The molecular weight excluding hydrogens is 226 g/mol. The maximum atomic E-state index is 10.9. The molecule has 1 aromatic rings. The minimum Gasteiger partial charge on any atom is -0.378 e. The fraction of sp³-hybridized carbons (Fsp3) is 0.273. The Hall–Kier alpha value is -1.76. The quantitative estimate of drug-likeness (QED) is 0.457. The van der Waals surface area contributed by atoms with Crippen LogP contribution in [-0.4, -0.2) is 35.6 Å². The van der Waals surface area contributed by atoms with Crippen LogP contribution in [0.25, 0.3) is 0 Å². The van der Waals surface area contributed by atoms with Crippen LogP contribution in [0.1, 0.15) is 15.9 Å². The van der Waals surface area contributed by atoms with E-state index in [1.165, 1.54) is 18.2 Å². The summed E-state index contributed by atoms with van der Waals surface area (Å²) in [6, 6.07) is 5.87. The number of benzene rings is 1. The molecule has 1 rings (SSSR count). The number of rotatable bonds is 5. The van der Waals surface area contributed by atoms with Crippen molar-refractivity contribution >= 4 is 12.2 Å². The van der Waals surface area contributed by atoms with Crippen molar-refractivity contribution in [1.29, 1.82) is 0 Å². The van der Waals surface area contributed by atoms with Gasteiger partial charge in [-0.25, -0.2) is 0 Å². The lowest BCUT2D eigenvalue weighted by Crippen LogP contribution is -2.49. The highest BCUT2D eigenvalue weighted by Crippen LogP contribution is 2.28. The molecule has 17 heavy (non-hydrogen) atoms. The molecule has 1 amide bonds. The number of aliphatic hydroxyl groups is 2. The summed E-state index contributed by atoms with van der Waals surface area (Å²) < 4.78 is 4.74. The van der Waals surface area contributed by atoms with Crippen LogP contribution in [0.5, 0.6) is 0 Å². The summed E-state index contributed by atoms with van der Waals surface area (Å²) >= 11 is 0. The number of methoxy groups -OCH3 is 1. The maximum absolute atomic E-state index is 10.9. The summed E-state index contributed by atoms with van der Waals surface area (Å²) in [6.45, 7) is 0. The third-order valence-electron chi connectivity index (χ3n) is 2.43. The standard InChI is InChI=1S/C11H13NO5/c1-17-11(16,9(14)10(12)15)8-5-3-2-4-7(8)6-13/h2-6,9,14,16H,1H3,(H2,12,15). The smallest absolute Gasteiger partial charge is 0.252 e. The number of hydrogen-bond donors (Lipinski definition) is 3. The van der Waals surface area contributed by atoms with E-state index in [2.05, 4.69) is 0 Å². The lowest BCUT2D eigenvalue weighted by molar-refractivity contribution is -0.246. The molecular formula is C11H13NO5. The Labute approximate surface area is 97.6 Å². The maximum Gasteiger partial charge on any atom is 0.252 e. The molecule has 2 atom stereocenters. The van der Waals surface area contributed by atoms with Crippen LogP contribution in [0.15, 0.2) is 24.3 Å². The third kappa shape index (κ3) is 2.33. The Morgan fingerprint density at radius 1 is 1.53 bits per heavy atom. The van der Waals surface area contributed by atoms with E-state index >= 15 is 0 Å². The van der Waals surface area contributed by atoms with Gasteiger partial charge in [0.05, 0.1) is 0 Å². The van der Waals surface area contributed by atoms with Crippen molar-refractivity contribution in [3.63, 3.8) is 0 Å². The van der Waals surface area contributed by atoms with Crippen LogP contribution in [0.2, 0.25) is 0 Å². The van der Waals surface area contributed by atoms with Crippen molar-refractivity contribution in [3.8, 4) is 0 Å². The SMILES string of the molecule is COC(O)(c1ccccc1C=O)C(O)C(N)=O. The first-order valence-electron chi connectivity index (χ1n) is 4.77. The van der Waals surface area contributed by atoms with E-state index < -0.39 is 17.8 Å². The van der Waals surface area contributed by atoms with Crippen LogP contribution in [0, 0.1) is 0 Å². The number of ether oxygens (including phenoxy) is 1. The van der Waals surface area contributed by atoms with Crippen LogP contribution in [0.4, 0.5) is 0 Å². The Bertz CT molecular complexity index is 434. The molecule has 0 saturated carbocycles. The van der Waals surface area contributed by atoms with Gasteiger partial charge >= 0.3 is 0 Å². The summed E-state index contributed by atoms with van der Waals surface area (Å²) in [5.41, 5.74) is 4.98. The average Bonchev–Trinajstić information content (AvgIpc) is 2.36. The number of aliphatic hydroxyl groups excluding tert-OH is 1. The van der Waals surface area contributed by atoms with Gasteiger partial charge in [0.25, 0.3) is 5.91 Å². The molecule has 4 N–H and O–H groups in total. The highest BCUT2D eigenvalue weighted by atomic mass is 16.6. The first-order valence-corrected chi connectivity index (χ1v) is 4.77. The molecule has 0 aliphatic heterocycles. The number of carbonyl (C=O) groups is 2. The summed E-state index contributed by atoms with van der Waals surface area (Å²) in [6.07, 6.45) is -1.50. The molecule has 0 fully saturated rings. The number of nitrogens with two attached hydrogens (primary N) is 1. The predicted molar refractivity (Wildman–Crippen MR) is 57.9 cm³/mol. The lowest BCUT2D eigenvalue weighted by Gasteiger charge is -2.30. The minimum absolute atomic E-state index is 0.0243. The summed E-state index contributed by atoms with van der Waals surface area (Å²) in [7, 11) is 1.09. The normalized spacial score (nSPS) is 15.9. The molecule has 92 valence electrons. The highest BCUT2D eigenvalue weighted by molar-refractivity contribution is 5.82. The minimum atomic E-state index is -2.34. The lowest BCUT2D eigenvalue weighted by atomic mass is 9.95. The van der Waals surface area contributed by atoms with Gasteiger partial charge in [0, 0.05) is 18.2 Å². The third-order valence-corrected chi connectivity index (χ3v) is 2.43. The van der Waals surface area contributed by atoms with Crippen molar-refractivity contribution in [3.05, 3.63) is 35.4 Å². The van der Waals surface area contributed by atoms with Gasteiger partial charge in [0.15, 0.2) is 12.4 Å². The largest absolute Gasteiger partial charge is 0.378 e. The Morgan fingerprint density at radius 2 is 2.12 bits per heavy atom. The van der Waals surface area contributed by atoms with E-state index in [4.69, 9.17) is 10.5 Å². The number of primary amides is 1. The zero-order valence-electron chi connectivity index (χ0n) is 9.16. The molecule has 1 aromatic carbocycles. The fourth-order valence-corrected chi connectivity index (χ4v) is 1.49. The molecule has 6 heteroatoms. The van der Waals surface area contributed by atoms with E-state index in [1.807, 2.05) is 0 Å². The van der Waals surface area contributed by atoms with Gasteiger partial charge in [-0.05, 0) is 0 Å². The highest BCUT2D eigenvalue weighted by Gasteiger charge is 2.42. The van der Waals surface area contributed by atoms with E-state index in [0.29, 0.717) is 6.29 Å². The Morgan fingerprint density at radius 3 is 2.59 bits per heavy atom. The summed E-state index contributed by atoms with van der Waals surface area (Å²) in [5.74, 6) is -3.50. The molecule has 0 bridgehead atoms. The van der Waals surface area contributed by atoms with E-state index in [9.17, 15) is 19.8 Å². The van der Waals surface area contributed by atoms with Crippen LogP contribution < -0.4 is 5.73 Å². The Kier molecular flexibility index (Phi) is 3.95. The molecule has 2 unspecified atom stereocenters. The van der Waals surface area contributed by atoms with Crippen molar-refractivity contribution in [1.82, 2.24) is 0 Å². The van der Waals surface area contributed by atoms with Gasteiger partial charge in [0.2, 0.25) is 5.79 Å². The molecule has 0 aromatic heterocycles. The van der Waals surface area contributed by atoms with Gasteiger partial charge in [-0.3, -0.25) is 9.59 Å². The number of carbonyl (C=O) groups excluding carboxylic acids is 2. The zero-order valence-corrected chi connectivity index (χ0v) is 9.16. The van der Waals surface area contributed by atoms with Gasteiger partial charge in [-0.1, -0.05) is 24.3 Å². The summed E-state index contributed by atoms with van der Waals surface area (Å²) in [4.78, 5) is 21.7. The molecule has 0 aliphatic rings. The van der Waals surface area contributed by atoms with Crippen molar-refractivity contribution in [2.24, 2.45) is 5.73 Å². The number of aldehydes is 1. The van der Waals surface area contributed by atoms with Crippen LogP contribution in [0.3, 0.4) is 0 Å². The summed E-state index contributed by atoms with van der Waals surface area (Å²) in [5, 5.41) is 19.7. The van der Waals surface area contributed by atoms with Crippen LogP contribution in [-0.2, 0) is 15.3 Å². The van der Waals surface area contributed by atoms with E-state index in [1.54, 1.807) is 6.07 Å². The second kappa shape index (κ2) is 5.05. The van der Waals surface area contributed by atoms with Crippen molar-refractivity contribution in [2.75, 3.05) is 7.11 Å². The average molecular weight is 239 g/mol. The molecule has 0 aliphatic carbocycles. The number of amides is 1. The van der Waals surface area contributed by atoms with Crippen LogP contribution >= 0.6 is 0 Å². The monoisotopic (exact) mass is 239 g/mol. The van der Waals surface area contributed by atoms with E-state index in [0.717, 1.165) is 7.11 Å². The fourth-order valence-electron chi connectivity index (χ4n) is 1.49. The second-order valence-electron chi connectivity index (χ2n) is 3.41. The first-order chi connectivity index (χ1) is 7.97. The predicted octanol–water partition coefficient (Wildman–Crippen LogP) is -0.863. The van der Waals surface area contributed by atoms with E-state index in [-0.39, 0.29) is 11.1 Å². The van der Waals surface area contributed by atoms with Crippen molar-refractivity contribution < 1.29 is 24.5 Å². The van der Waals surface area contributed by atoms with Gasteiger partial charge in [0.1, 0.15) is 0 Å². The number of hydrogen-bond acceptors (Lipinski definition) is 5. The first kappa shape index (κ1) is 13.3. The Balaban J connectivity index is 3.34. The topological polar surface area (TPSA) is 110 Å². The van der Waals surface area contributed by atoms with Gasteiger partial charge in [-0.2, -0.15) is 0 Å². The molecule has 0 saturated heterocycles. The molecule has 6 nitrogen and oxygen atoms in total. The molecule has 0 heterocycles. The van der Waals surface area contributed by atoms with Gasteiger partial charge < -0.3 is 20.7 Å². The van der Waals surface area contributed by atoms with Gasteiger partial charge in [-0.15, -0.1) is 0 Å². The second-order valence-corrected chi connectivity index (χ2v) is 3.41. The molecule has 0 radical (unpaired) electrons. The van der Waals surface area contributed by atoms with Crippen molar-refractivity contribution in [2.45, 2.75) is 11.9 Å². The zero-order chi connectivity index (χ0) is 13.1.